The summed E-state index contributed by atoms with van der Waals surface area (Å²) in [5.41, 5.74) is 4.90. The van der Waals surface area contributed by atoms with Gasteiger partial charge in [0.25, 0.3) is 5.56 Å². The molecule has 0 aliphatic carbocycles. The second-order valence-electron chi connectivity index (χ2n) is 9.42. The molecule has 1 N–H and O–H groups in total. The van der Waals surface area contributed by atoms with Crippen LogP contribution in [0.4, 0.5) is 0 Å². The number of nitrogens with one attached hydrogen (secondary N) is 1. The molecule has 0 bridgehead atoms. The number of fused-ring (bicyclic) bond motifs is 1. The molecule has 170 valence electrons. The van der Waals surface area contributed by atoms with Gasteiger partial charge < -0.3 is 4.98 Å². The minimum absolute atomic E-state index is 0.0787. The molecule has 0 saturated carbocycles. The van der Waals surface area contributed by atoms with Gasteiger partial charge in [0, 0.05) is 23.0 Å². The van der Waals surface area contributed by atoms with Crippen LogP contribution in [0.15, 0.2) is 53.3 Å². The zero-order chi connectivity index (χ0) is 22.9. The summed E-state index contributed by atoms with van der Waals surface area (Å²) in [5, 5.41) is 13.9. The van der Waals surface area contributed by atoms with Gasteiger partial charge in [-0.1, -0.05) is 43.3 Å². The number of nitrogens with zero attached hydrogens (tertiary/aromatic N) is 5. The highest BCUT2D eigenvalue weighted by Crippen LogP contribution is 2.31. The predicted molar refractivity (Wildman–Crippen MR) is 129 cm³/mol. The molecule has 2 unspecified atom stereocenters. The molecule has 0 spiro atoms. The van der Waals surface area contributed by atoms with E-state index in [2.05, 4.69) is 63.5 Å². The van der Waals surface area contributed by atoms with E-state index in [9.17, 15) is 4.79 Å². The molecule has 1 saturated heterocycles. The smallest absolute Gasteiger partial charge is 0.253 e. The Morgan fingerprint density at radius 2 is 1.97 bits per heavy atom. The van der Waals surface area contributed by atoms with Crippen molar-refractivity contribution in [2.24, 2.45) is 5.92 Å². The lowest BCUT2D eigenvalue weighted by molar-refractivity contribution is 0.141. The molecule has 7 nitrogen and oxygen atoms in total. The molecule has 7 heteroatoms. The van der Waals surface area contributed by atoms with Crippen molar-refractivity contribution in [2.75, 3.05) is 13.1 Å². The van der Waals surface area contributed by atoms with Gasteiger partial charge >= 0.3 is 0 Å². The fourth-order valence-corrected chi connectivity index (χ4v) is 5.13. The molecule has 1 aliphatic heterocycles. The van der Waals surface area contributed by atoms with E-state index in [0.29, 0.717) is 23.9 Å². The fraction of sp³-hybridized carbons (Fsp3) is 0.385. The Labute approximate surface area is 193 Å². The van der Waals surface area contributed by atoms with Crippen molar-refractivity contribution < 1.29 is 0 Å². The number of hydrogen-bond donors (Lipinski definition) is 1. The number of pyridine rings is 1. The molecular weight excluding hydrogens is 412 g/mol. The van der Waals surface area contributed by atoms with Crippen molar-refractivity contribution >= 4 is 10.9 Å². The Morgan fingerprint density at radius 1 is 1.15 bits per heavy atom. The van der Waals surface area contributed by atoms with E-state index in [-0.39, 0.29) is 11.6 Å². The molecule has 4 aromatic rings. The molecular formula is C26H30N6O. The summed E-state index contributed by atoms with van der Waals surface area (Å²) in [4.78, 5) is 18.9. The Hall–Kier alpha value is -3.32. The zero-order valence-electron chi connectivity index (χ0n) is 19.5. The normalized spacial score (nSPS) is 18.0. The van der Waals surface area contributed by atoms with Crippen molar-refractivity contribution in [3.05, 3.63) is 87.0 Å². The van der Waals surface area contributed by atoms with Crippen LogP contribution in [0.5, 0.6) is 0 Å². The first-order valence-electron chi connectivity index (χ1n) is 11.7. The van der Waals surface area contributed by atoms with E-state index in [1.807, 2.05) is 35.9 Å². The van der Waals surface area contributed by atoms with E-state index >= 15 is 0 Å². The summed E-state index contributed by atoms with van der Waals surface area (Å²) in [6.45, 7) is 8.80. The van der Waals surface area contributed by atoms with E-state index < -0.39 is 0 Å². The number of likely N-dealkylation sites (tertiary alicyclic amines) is 1. The summed E-state index contributed by atoms with van der Waals surface area (Å²) in [6.07, 6.45) is 2.30. The van der Waals surface area contributed by atoms with E-state index in [1.54, 1.807) is 0 Å². The summed E-state index contributed by atoms with van der Waals surface area (Å²) >= 11 is 0. The van der Waals surface area contributed by atoms with Gasteiger partial charge in [-0.25, -0.2) is 4.68 Å². The molecule has 1 fully saturated rings. The molecule has 3 heterocycles. The Morgan fingerprint density at radius 3 is 2.76 bits per heavy atom. The minimum Gasteiger partial charge on any atom is -0.322 e. The Bertz CT molecular complexity index is 1330. The van der Waals surface area contributed by atoms with Crippen LogP contribution in [-0.2, 0) is 6.54 Å². The van der Waals surface area contributed by atoms with Crippen molar-refractivity contribution in [1.82, 2.24) is 30.1 Å². The second kappa shape index (κ2) is 8.90. The Kier molecular flexibility index (Phi) is 5.81. The van der Waals surface area contributed by atoms with Gasteiger partial charge in [-0.2, -0.15) is 0 Å². The average Bonchev–Trinajstić information content (AvgIpc) is 3.23. The van der Waals surface area contributed by atoms with Crippen molar-refractivity contribution in [3.8, 4) is 0 Å². The zero-order valence-corrected chi connectivity index (χ0v) is 19.5. The lowest BCUT2D eigenvalue weighted by Crippen LogP contribution is -2.41. The highest BCUT2D eigenvalue weighted by atomic mass is 16.1. The van der Waals surface area contributed by atoms with Crippen LogP contribution < -0.4 is 5.56 Å². The SMILES string of the molecule is Cc1cc(C)c2cc(C(c3nnnn3Cc3ccccc3)N3CCCC(C)C3)c(=O)[nH]c2c1. The largest absolute Gasteiger partial charge is 0.322 e. The third-order valence-electron chi connectivity index (χ3n) is 6.67. The van der Waals surface area contributed by atoms with Crippen molar-refractivity contribution in [2.45, 2.75) is 46.2 Å². The van der Waals surface area contributed by atoms with Crippen LogP contribution in [0.1, 0.15) is 53.9 Å². The number of benzene rings is 2. The van der Waals surface area contributed by atoms with Crippen LogP contribution in [0, 0.1) is 19.8 Å². The first kappa shape index (κ1) is 21.5. The highest BCUT2D eigenvalue weighted by molar-refractivity contribution is 5.83. The molecule has 0 radical (unpaired) electrons. The number of hydrogen-bond acceptors (Lipinski definition) is 5. The number of H-pyrrole nitrogens is 1. The van der Waals surface area contributed by atoms with Gasteiger partial charge in [0.1, 0.15) is 6.04 Å². The van der Waals surface area contributed by atoms with Gasteiger partial charge in [-0.3, -0.25) is 9.69 Å². The van der Waals surface area contributed by atoms with Gasteiger partial charge in [-0.15, -0.1) is 5.10 Å². The van der Waals surface area contributed by atoms with Crippen LogP contribution in [0.2, 0.25) is 0 Å². The van der Waals surface area contributed by atoms with Gasteiger partial charge in [0.05, 0.1) is 6.54 Å². The molecule has 5 rings (SSSR count). The average molecular weight is 443 g/mol. The van der Waals surface area contributed by atoms with Gasteiger partial charge in [0.15, 0.2) is 5.82 Å². The Balaban J connectivity index is 1.65. The standard InChI is InChI=1S/C26H30N6O/c1-17-8-7-11-31(15-17)24(25-28-29-30-32(25)16-20-9-5-4-6-10-20)22-14-21-19(3)12-18(2)13-23(21)27-26(22)33/h4-6,9-10,12-14,17,24H,7-8,11,15-16H2,1-3H3,(H,27,33). The molecule has 33 heavy (non-hydrogen) atoms. The summed E-state index contributed by atoms with van der Waals surface area (Å²) in [6, 6.07) is 16.1. The minimum atomic E-state index is -0.305. The van der Waals surface area contributed by atoms with E-state index in [1.165, 1.54) is 6.42 Å². The van der Waals surface area contributed by atoms with Gasteiger partial charge in [-0.05, 0) is 78.4 Å². The first-order chi connectivity index (χ1) is 16.0. The lowest BCUT2D eigenvalue weighted by atomic mass is 9.95. The molecule has 1 aliphatic rings. The topological polar surface area (TPSA) is 79.7 Å². The molecule has 0 amide bonds. The lowest BCUT2D eigenvalue weighted by Gasteiger charge is -2.36. The van der Waals surface area contributed by atoms with Crippen LogP contribution in [0.25, 0.3) is 10.9 Å². The van der Waals surface area contributed by atoms with E-state index in [4.69, 9.17) is 0 Å². The summed E-state index contributed by atoms with van der Waals surface area (Å²) < 4.78 is 1.84. The number of aromatic nitrogens is 5. The fourth-order valence-electron chi connectivity index (χ4n) is 5.13. The van der Waals surface area contributed by atoms with Crippen molar-refractivity contribution in [1.29, 1.82) is 0 Å². The number of aryl methyl sites for hydroxylation is 2. The molecule has 2 aromatic carbocycles. The number of tetrazole rings is 1. The molecule has 2 aromatic heterocycles. The number of aromatic amines is 1. The van der Waals surface area contributed by atoms with Gasteiger partial charge in [0.2, 0.25) is 0 Å². The summed E-state index contributed by atoms with van der Waals surface area (Å²) in [5.74, 6) is 1.27. The predicted octanol–water partition coefficient (Wildman–Crippen LogP) is 4.00. The third kappa shape index (κ3) is 4.33. The van der Waals surface area contributed by atoms with Crippen LogP contribution in [0.3, 0.4) is 0 Å². The van der Waals surface area contributed by atoms with Crippen LogP contribution >= 0.6 is 0 Å². The maximum atomic E-state index is 13.4. The maximum Gasteiger partial charge on any atom is 0.253 e. The highest BCUT2D eigenvalue weighted by Gasteiger charge is 2.33. The van der Waals surface area contributed by atoms with Crippen molar-refractivity contribution in [3.63, 3.8) is 0 Å². The third-order valence-corrected chi connectivity index (χ3v) is 6.67. The first-order valence-corrected chi connectivity index (χ1v) is 11.7. The molecule has 2 atom stereocenters. The summed E-state index contributed by atoms with van der Waals surface area (Å²) in [7, 11) is 0. The number of piperidine rings is 1. The number of rotatable bonds is 5. The second-order valence-corrected chi connectivity index (χ2v) is 9.42. The maximum absolute atomic E-state index is 13.4. The van der Waals surface area contributed by atoms with E-state index in [0.717, 1.165) is 47.1 Å². The quantitative estimate of drug-likeness (QED) is 0.505. The van der Waals surface area contributed by atoms with Crippen LogP contribution in [-0.4, -0.2) is 43.2 Å². The monoisotopic (exact) mass is 442 g/mol.